The first-order valence-electron chi connectivity index (χ1n) is 16.6. The lowest BCUT2D eigenvalue weighted by Crippen LogP contribution is -2.61. The molecule has 1 heterocycles. The van der Waals surface area contributed by atoms with Gasteiger partial charge in [0.2, 0.25) is 17.6 Å². The highest BCUT2D eigenvalue weighted by Crippen LogP contribution is 2.64. The Labute approximate surface area is 268 Å². The van der Waals surface area contributed by atoms with Crippen LogP contribution in [0.15, 0.2) is 0 Å². The van der Waals surface area contributed by atoms with Gasteiger partial charge in [0.25, 0.3) is 5.91 Å². The van der Waals surface area contributed by atoms with E-state index in [2.05, 4.69) is 21.3 Å². The van der Waals surface area contributed by atoms with Crippen LogP contribution in [0.4, 0.5) is 4.79 Å². The number of nitrogens with zero attached hydrogens (tertiary/aromatic N) is 1. The Bertz CT molecular complexity index is 1250. The first-order valence-corrected chi connectivity index (χ1v) is 18.2. The highest BCUT2D eigenvalue weighted by molar-refractivity contribution is 7.92. The molecule has 0 aromatic carbocycles. The fourth-order valence-electron chi connectivity index (χ4n) is 7.01. The molecule has 3 aliphatic rings. The van der Waals surface area contributed by atoms with Crippen LogP contribution in [0.2, 0.25) is 0 Å². The minimum absolute atomic E-state index is 0.0829. The molecule has 12 nitrogen and oxygen atoms in total. The second-order valence-electron chi connectivity index (χ2n) is 14.9. The zero-order valence-corrected chi connectivity index (χ0v) is 29.2. The first-order chi connectivity index (χ1) is 20.8. The molecule has 1 saturated heterocycles. The maximum atomic E-state index is 13.8. The quantitative estimate of drug-likeness (QED) is 0.221. The van der Waals surface area contributed by atoms with Crippen LogP contribution >= 0.6 is 0 Å². The molecular formula is C32H55N5O7S. The number of urea groups is 1. The number of piperidine rings is 1. The molecule has 0 radical (unpaired) electrons. The number of hydrogen-bond acceptors (Lipinski definition) is 7. The molecule has 45 heavy (non-hydrogen) atoms. The van der Waals surface area contributed by atoms with Crippen LogP contribution in [-0.2, 0) is 29.0 Å². The summed E-state index contributed by atoms with van der Waals surface area (Å²) in [6.07, 6.45) is 5.12. The number of fused-ring (bicyclic) bond motifs is 1. The molecule has 2 aliphatic carbocycles. The van der Waals surface area contributed by atoms with E-state index in [9.17, 15) is 32.4 Å². The van der Waals surface area contributed by atoms with Crippen LogP contribution in [0.5, 0.6) is 0 Å². The summed E-state index contributed by atoms with van der Waals surface area (Å²) in [7, 11) is -3.53. The number of ketones is 1. The smallest absolute Gasteiger partial charge is 0.315 e. The third-order valence-corrected chi connectivity index (χ3v) is 12.8. The van der Waals surface area contributed by atoms with E-state index in [1.165, 1.54) is 4.90 Å². The normalized spacial score (nSPS) is 24.9. The second-order valence-corrected chi connectivity index (χ2v) is 17.6. The third-order valence-electron chi connectivity index (χ3n) is 10.0. The van der Waals surface area contributed by atoms with Gasteiger partial charge in [0, 0.05) is 13.1 Å². The van der Waals surface area contributed by atoms with Crippen LogP contribution in [0.25, 0.3) is 0 Å². The molecule has 5 atom stereocenters. The van der Waals surface area contributed by atoms with Crippen molar-refractivity contribution in [3.05, 3.63) is 0 Å². The van der Waals surface area contributed by atoms with Crippen LogP contribution in [-0.4, -0.2) is 90.1 Å². The highest BCUT2D eigenvalue weighted by atomic mass is 32.2. The van der Waals surface area contributed by atoms with E-state index in [0.29, 0.717) is 38.8 Å². The summed E-state index contributed by atoms with van der Waals surface area (Å²) in [5, 5.41) is 11.0. The van der Waals surface area contributed by atoms with Crippen molar-refractivity contribution in [2.45, 2.75) is 135 Å². The topological polar surface area (TPSA) is 171 Å². The van der Waals surface area contributed by atoms with Crippen molar-refractivity contribution in [3.8, 4) is 0 Å². The molecule has 256 valence electrons. The van der Waals surface area contributed by atoms with Crippen molar-refractivity contribution in [1.29, 1.82) is 0 Å². The summed E-state index contributed by atoms with van der Waals surface area (Å²) in [6.45, 7) is 15.0. The molecular weight excluding hydrogens is 598 g/mol. The van der Waals surface area contributed by atoms with Crippen molar-refractivity contribution in [1.82, 2.24) is 26.2 Å². The Morgan fingerprint density at radius 1 is 0.956 bits per heavy atom. The molecule has 0 aromatic heterocycles. The summed E-state index contributed by atoms with van der Waals surface area (Å²) in [6, 6.07) is -3.47. The van der Waals surface area contributed by atoms with E-state index >= 15 is 0 Å². The van der Waals surface area contributed by atoms with Gasteiger partial charge >= 0.3 is 6.03 Å². The van der Waals surface area contributed by atoms with Crippen LogP contribution < -0.4 is 21.3 Å². The predicted octanol–water partition coefficient (Wildman–Crippen LogP) is 2.45. The van der Waals surface area contributed by atoms with Crippen LogP contribution in [0.1, 0.15) is 107 Å². The van der Waals surface area contributed by atoms with Gasteiger partial charge in [-0.15, -0.1) is 0 Å². The Kier molecular flexibility index (Phi) is 11.4. The van der Waals surface area contributed by atoms with Gasteiger partial charge in [-0.25, -0.2) is 13.2 Å². The molecule has 2 saturated carbocycles. The maximum Gasteiger partial charge on any atom is 0.315 e. The standard InChI is InChI=1S/C32H55N5O7S/c1-9-14-22(25(38)27(40)33-17-10-2)35-26(39)24-23-21(31(23,7)8)18-37(24)28(41)20(3)34-29(42)36-32(15-12-11-13-16-32)19-45(43,44)30(4,5)6/h20-24H,9-19H2,1-8H3,(H,33,40)(H,35,39)(H2,34,36,42)/t20-,21?,22?,23?,24-/m0/s1. The molecule has 3 fully saturated rings. The van der Waals surface area contributed by atoms with Gasteiger partial charge in [0.1, 0.15) is 12.1 Å². The number of Topliss-reactive ketones (excluding diaryl/α,β-unsaturated/α-hetero) is 1. The molecule has 13 heteroatoms. The van der Waals surface area contributed by atoms with Gasteiger partial charge < -0.3 is 26.2 Å². The number of likely N-dealkylation sites (tertiary alicyclic amines) is 1. The Morgan fingerprint density at radius 3 is 2.13 bits per heavy atom. The van der Waals surface area contributed by atoms with Gasteiger partial charge in [-0.3, -0.25) is 19.2 Å². The second kappa shape index (κ2) is 14.0. The molecule has 0 bridgehead atoms. The maximum absolute atomic E-state index is 13.8. The lowest BCUT2D eigenvalue weighted by Gasteiger charge is -2.40. The number of hydrogen-bond donors (Lipinski definition) is 4. The van der Waals surface area contributed by atoms with Gasteiger partial charge in [0.05, 0.1) is 22.1 Å². The number of amides is 5. The SMILES string of the molecule is CCCNC(=O)C(=O)C(CCC)NC(=O)[C@@H]1C2C(CN1C(=O)[C@H](C)NC(=O)NC1(CS(=O)(=O)C(C)(C)C)CCCCC1)C2(C)C. The molecule has 5 amide bonds. The number of nitrogens with one attached hydrogen (secondary N) is 4. The Hall–Kier alpha value is -2.70. The largest absolute Gasteiger partial charge is 0.349 e. The van der Waals surface area contributed by atoms with Crippen molar-refractivity contribution >= 4 is 39.4 Å². The first kappa shape index (κ1) is 36.8. The van der Waals surface area contributed by atoms with Crippen molar-refractivity contribution in [2.24, 2.45) is 17.3 Å². The molecule has 4 N–H and O–H groups in total. The van der Waals surface area contributed by atoms with Gasteiger partial charge in [-0.2, -0.15) is 0 Å². The number of carbonyl (C=O) groups excluding carboxylic acids is 5. The summed E-state index contributed by atoms with van der Waals surface area (Å²) >= 11 is 0. The van der Waals surface area contributed by atoms with Gasteiger partial charge in [-0.1, -0.05) is 53.4 Å². The molecule has 0 spiro atoms. The molecule has 0 aromatic rings. The Morgan fingerprint density at radius 2 is 1.58 bits per heavy atom. The predicted molar refractivity (Wildman–Crippen MR) is 172 cm³/mol. The van der Waals surface area contributed by atoms with Crippen molar-refractivity contribution in [2.75, 3.05) is 18.8 Å². The Balaban J connectivity index is 1.73. The van der Waals surface area contributed by atoms with E-state index in [0.717, 1.165) is 19.3 Å². The highest BCUT2D eigenvalue weighted by Gasteiger charge is 2.69. The fourth-order valence-corrected chi connectivity index (χ4v) is 8.53. The van der Waals surface area contributed by atoms with E-state index in [-0.39, 0.29) is 29.4 Å². The van der Waals surface area contributed by atoms with Crippen LogP contribution in [0.3, 0.4) is 0 Å². The van der Waals surface area contributed by atoms with Crippen molar-refractivity contribution in [3.63, 3.8) is 0 Å². The zero-order valence-electron chi connectivity index (χ0n) is 28.4. The third kappa shape index (κ3) is 8.18. The van der Waals surface area contributed by atoms with E-state index in [1.54, 1.807) is 27.7 Å². The average molecular weight is 654 g/mol. The lowest BCUT2D eigenvalue weighted by atomic mass is 9.83. The molecule has 3 unspecified atom stereocenters. The monoisotopic (exact) mass is 653 g/mol. The van der Waals surface area contributed by atoms with E-state index < -0.39 is 67.8 Å². The van der Waals surface area contributed by atoms with Crippen LogP contribution in [0, 0.1) is 17.3 Å². The van der Waals surface area contributed by atoms with Gasteiger partial charge in [-0.05, 0) is 70.6 Å². The number of rotatable bonds is 13. The minimum Gasteiger partial charge on any atom is -0.349 e. The van der Waals surface area contributed by atoms with Gasteiger partial charge in [0.15, 0.2) is 9.84 Å². The number of carbonyl (C=O) groups is 5. The average Bonchev–Trinajstić information content (AvgIpc) is 3.26. The summed E-state index contributed by atoms with van der Waals surface area (Å²) in [4.78, 5) is 67.5. The van der Waals surface area contributed by atoms with E-state index in [4.69, 9.17) is 0 Å². The van der Waals surface area contributed by atoms with E-state index in [1.807, 2.05) is 27.7 Å². The number of sulfone groups is 1. The zero-order chi connectivity index (χ0) is 34.0. The molecule has 1 aliphatic heterocycles. The minimum atomic E-state index is -3.53. The summed E-state index contributed by atoms with van der Waals surface area (Å²) in [5.41, 5.74) is -1.11. The summed E-state index contributed by atoms with van der Waals surface area (Å²) in [5.74, 6) is -2.59. The summed E-state index contributed by atoms with van der Waals surface area (Å²) < 4.78 is 25.3. The molecule has 3 rings (SSSR count). The lowest BCUT2D eigenvalue weighted by molar-refractivity contribution is -0.143. The fraction of sp³-hybridized carbons (Fsp3) is 0.844. The van der Waals surface area contributed by atoms with Crippen molar-refractivity contribution < 1.29 is 32.4 Å².